The number of imidazole rings is 1. The predicted molar refractivity (Wildman–Crippen MR) is 83.2 cm³/mol. The Kier molecular flexibility index (Phi) is 4.91. The van der Waals surface area contributed by atoms with Crippen molar-refractivity contribution in [3.8, 4) is 0 Å². The van der Waals surface area contributed by atoms with Crippen LogP contribution in [-0.4, -0.2) is 38.8 Å². The normalized spacial score (nSPS) is 22.2. The van der Waals surface area contributed by atoms with E-state index in [0.717, 1.165) is 25.6 Å². The van der Waals surface area contributed by atoms with Crippen LogP contribution in [0.15, 0.2) is 43.0 Å². The SMILES string of the molecule is OC1CC(c2cccc(C(F)(F)F)c2)N(CCCn2ccnc2)C1. The van der Waals surface area contributed by atoms with E-state index in [9.17, 15) is 18.3 Å². The number of aliphatic hydroxyl groups is 1. The van der Waals surface area contributed by atoms with Gasteiger partial charge in [0, 0.05) is 38.1 Å². The second-order valence-corrected chi connectivity index (χ2v) is 6.18. The van der Waals surface area contributed by atoms with Gasteiger partial charge in [-0.25, -0.2) is 4.98 Å². The molecule has 2 heterocycles. The van der Waals surface area contributed by atoms with Crippen LogP contribution in [0.2, 0.25) is 0 Å². The molecule has 1 aliphatic rings. The van der Waals surface area contributed by atoms with Gasteiger partial charge in [-0.1, -0.05) is 12.1 Å². The zero-order chi connectivity index (χ0) is 17.2. The molecule has 2 atom stereocenters. The van der Waals surface area contributed by atoms with Crippen LogP contribution in [0.3, 0.4) is 0 Å². The summed E-state index contributed by atoms with van der Waals surface area (Å²) in [5, 5.41) is 9.96. The predicted octanol–water partition coefficient (Wildman–Crippen LogP) is 3.10. The second-order valence-electron chi connectivity index (χ2n) is 6.18. The number of hydrogen-bond donors (Lipinski definition) is 1. The Bertz CT molecular complexity index is 657. The molecule has 1 aliphatic heterocycles. The van der Waals surface area contributed by atoms with Crippen molar-refractivity contribution >= 4 is 0 Å². The van der Waals surface area contributed by atoms with E-state index in [1.54, 1.807) is 18.6 Å². The third kappa shape index (κ3) is 3.96. The fraction of sp³-hybridized carbons (Fsp3) is 0.471. The molecule has 130 valence electrons. The van der Waals surface area contributed by atoms with Crippen LogP contribution in [0.5, 0.6) is 0 Å². The molecule has 0 amide bonds. The van der Waals surface area contributed by atoms with Crippen molar-refractivity contribution in [3.05, 3.63) is 54.1 Å². The average molecular weight is 339 g/mol. The zero-order valence-corrected chi connectivity index (χ0v) is 13.2. The van der Waals surface area contributed by atoms with Gasteiger partial charge >= 0.3 is 6.18 Å². The summed E-state index contributed by atoms with van der Waals surface area (Å²) < 4.78 is 40.7. The summed E-state index contributed by atoms with van der Waals surface area (Å²) in [6.07, 6.45) is 1.79. The van der Waals surface area contributed by atoms with Crippen molar-refractivity contribution in [1.82, 2.24) is 14.5 Å². The summed E-state index contributed by atoms with van der Waals surface area (Å²) in [4.78, 5) is 6.05. The number of benzene rings is 1. The van der Waals surface area contributed by atoms with Crippen molar-refractivity contribution in [3.63, 3.8) is 0 Å². The van der Waals surface area contributed by atoms with Crippen LogP contribution in [0, 0.1) is 0 Å². The molecule has 1 saturated heterocycles. The third-order valence-corrected chi connectivity index (χ3v) is 4.40. The van der Waals surface area contributed by atoms with E-state index >= 15 is 0 Å². The number of aryl methyl sites for hydroxylation is 1. The number of likely N-dealkylation sites (tertiary alicyclic amines) is 1. The Balaban J connectivity index is 1.68. The number of nitrogens with zero attached hydrogens (tertiary/aromatic N) is 3. The quantitative estimate of drug-likeness (QED) is 0.910. The lowest BCUT2D eigenvalue weighted by atomic mass is 10.0. The molecule has 0 bridgehead atoms. The van der Waals surface area contributed by atoms with Gasteiger partial charge in [0.2, 0.25) is 0 Å². The zero-order valence-electron chi connectivity index (χ0n) is 13.2. The first kappa shape index (κ1) is 17.0. The van der Waals surface area contributed by atoms with Crippen LogP contribution in [-0.2, 0) is 12.7 Å². The molecular formula is C17H20F3N3O. The highest BCUT2D eigenvalue weighted by atomic mass is 19.4. The molecule has 7 heteroatoms. The minimum absolute atomic E-state index is 0.176. The monoisotopic (exact) mass is 339 g/mol. The van der Waals surface area contributed by atoms with Gasteiger partial charge in [-0.15, -0.1) is 0 Å². The van der Waals surface area contributed by atoms with Crippen LogP contribution in [0.25, 0.3) is 0 Å². The van der Waals surface area contributed by atoms with E-state index in [1.165, 1.54) is 12.1 Å². The van der Waals surface area contributed by atoms with Gasteiger partial charge in [0.1, 0.15) is 0 Å². The molecule has 1 aromatic carbocycles. The Morgan fingerprint density at radius 3 is 2.79 bits per heavy atom. The van der Waals surface area contributed by atoms with Crippen molar-refractivity contribution in [1.29, 1.82) is 0 Å². The highest BCUT2D eigenvalue weighted by molar-refractivity contribution is 5.29. The van der Waals surface area contributed by atoms with Gasteiger partial charge < -0.3 is 9.67 Å². The largest absolute Gasteiger partial charge is 0.416 e. The maximum Gasteiger partial charge on any atom is 0.416 e. The molecule has 1 fully saturated rings. The molecule has 1 aromatic heterocycles. The molecule has 24 heavy (non-hydrogen) atoms. The van der Waals surface area contributed by atoms with E-state index in [0.29, 0.717) is 18.5 Å². The Morgan fingerprint density at radius 2 is 2.08 bits per heavy atom. The van der Waals surface area contributed by atoms with E-state index in [2.05, 4.69) is 9.88 Å². The maximum absolute atomic E-state index is 12.9. The van der Waals surface area contributed by atoms with Gasteiger partial charge in [0.05, 0.1) is 18.0 Å². The van der Waals surface area contributed by atoms with Crippen LogP contribution < -0.4 is 0 Å². The summed E-state index contributed by atoms with van der Waals surface area (Å²) in [6.45, 7) is 2.00. The number of aliphatic hydroxyl groups excluding tert-OH is 1. The number of β-amino-alcohol motifs (C(OH)–C–C–N with tert-alkyl or cyclic N) is 1. The summed E-state index contributed by atoms with van der Waals surface area (Å²) >= 11 is 0. The molecule has 2 unspecified atom stereocenters. The fourth-order valence-electron chi connectivity index (χ4n) is 3.27. The topological polar surface area (TPSA) is 41.3 Å². The van der Waals surface area contributed by atoms with Crippen molar-refractivity contribution < 1.29 is 18.3 Å². The lowest BCUT2D eigenvalue weighted by Gasteiger charge is -2.25. The summed E-state index contributed by atoms with van der Waals surface area (Å²) in [6, 6.07) is 5.25. The Morgan fingerprint density at radius 1 is 1.25 bits per heavy atom. The number of aromatic nitrogens is 2. The first-order chi connectivity index (χ1) is 11.4. The lowest BCUT2D eigenvalue weighted by molar-refractivity contribution is -0.137. The summed E-state index contributed by atoms with van der Waals surface area (Å²) in [5.41, 5.74) is -0.0243. The highest BCUT2D eigenvalue weighted by Crippen LogP contribution is 2.36. The Hall–Kier alpha value is -1.86. The van der Waals surface area contributed by atoms with Gasteiger partial charge in [0.15, 0.2) is 0 Å². The first-order valence-corrected chi connectivity index (χ1v) is 7.98. The van der Waals surface area contributed by atoms with Crippen molar-refractivity contribution in [2.24, 2.45) is 0 Å². The van der Waals surface area contributed by atoms with E-state index in [1.807, 2.05) is 10.8 Å². The summed E-state index contributed by atoms with van der Waals surface area (Å²) in [5.74, 6) is 0. The molecule has 0 aliphatic carbocycles. The van der Waals surface area contributed by atoms with Crippen molar-refractivity contribution in [2.75, 3.05) is 13.1 Å². The van der Waals surface area contributed by atoms with Gasteiger partial charge in [0.25, 0.3) is 0 Å². The molecule has 3 rings (SSSR count). The van der Waals surface area contributed by atoms with E-state index in [-0.39, 0.29) is 6.04 Å². The molecule has 0 spiro atoms. The van der Waals surface area contributed by atoms with Gasteiger partial charge in [-0.05, 0) is 30.5 Å². The molecule has 1 N–H and O–H groups in total. The smallest absolute Gasteiger partial charge is 0.392 e. The van der Waals surface area contributed by atoms with Crippen LogP contribution in [0.1, 0.15) is 30.0 Å². The fourth-order valence-corrected chi connectivity index (χ4v) is 3.27. The third-order valence-electron chi connectivity index (χ3n) is 4.40. The number of hydrogen-bond acceptors (Lipinski definition) is 3. The minimum atomic E-state index is -4.35. The minimum Gasteiger partial charge on any atom is -0.392 e. The van der Waals surface area contributed by atoms with Crippen LogP contribution in [0.4, 0.5) is 13.2 Å². The molecule has 0 radical (unpaired) electrons. The maximum atomic E-state index is 12.9. The highest BCUT2D eigenvalue weighted by Gasteiger charge is 2.34. The lowest BCUT2D eigenvalue weighted by Crippen LogP contribution is -2.26. The number of alkyl halides is 3. The van der Waals surface area contributed by atoms with E-state index in [4.69, 9.17) is 0 Å². The molecular weight excluding hydrogens is 319 g/mol. The molecule has 0 saturated carbocycles. The summed E-state index contributed by atoms with van der Waals surface area (Å²) in [7, 11) is 0. The molecule has 2 aromatic rings. The van der Waals surface area contributed by atoms with Crippen molar-refractivity contribution in [2.45, 2.75) is 37.7 Å². The second kappa shape index (κ2) is 6.94. The van der Waals surface area contributed by atoms with E-state index < -0.39 is 17.8 Å². The average Bonchev–Trinajstić information content (AvgIpc) is 3.16. The first-order valence-electron chi connectivity index (χ1n) is 7.98. The standard InChI is InChI=1S/C17H20F3N3O/c18-17(19,20)14-4-1-3-13(9-14)16-10-15(24)11-23(16)7-2-6-22-8-5-21-12-22/h1,3-5,8-9,12,15-16,24H,2,6-7,10-11H2. The van der Waals surface area contributed by atoms with Crippen LogP contribution >= 0.6 is 0 Å². The Labute approximate surface area is 138 Å². The van der Waals surface area contributed by atoms with Gasteiger partial charge in [-0.3, -0.25) is 4.90 Å². The number of rotatable bonds is 5. The molecule has 4 nitrogen and oxygen atoms in total. The van der Waals surface area contributed by atoms with Gasteiger partial charge in [-0.2, -0.15) is 13.2 Å². The number of halogens is 3.